The van der Waals surface area contributed by atoms with E-state index < -0.39 is 0 Å². The molecule has 0 radical (unpaired) electrons. The molecular weight excluding hydrogens is 364 g/mol. The highest BCUT2D eigenvalue weighted by Gasteiger charge is 2.23. The molecule has 0 saturated heterocycles. The van der Waals surface area contributed by atoms with Crippen LogP contribution in [0, 0.1) is 0 Å². The van der Waals surface area contributed by atoms with E-state index in [4.69, 9.17) is 0 Å². The summed E-state index contributed by atoms with van der Waals surface area (Å²) in [5, 5.41) is 0. The van der Waals surface area contributed by atoms with Crippen LogP contribution in [0.1, 0.15) is 70.0 Å². The van der Waals surface area contributed by atoms with Gasteiger partial charge in [-0.1, -0.05) is 47.6 Å². The van der Waals surface area contributed by atoms with E-state index in [1.165, 1.54) is 9.85 Å². The van der Waals surface area contributed by atoms with Crippen molar-refractivity contribution in [3.05, 3.63) is 58.8 Å². The molecule has 3 rings (SSSR count). The van der Waals surface area contributed by atoms with E-state index in [9.17, 15) is 4.79 Å². The zero-order valence-corrected chi connectivity index (χ0v) is 19.0. The molecule has 1 aliphatic heterocycles. The fourth-order valence-corrected chi connectivity index (χ4v) is 4.11. The first kappa shape index (κ1) is 20.5. The van der Waals surface area contributed by atoms with E-state index in [2.05, 4.69) is 64.4 Å². The molecule has 1 amide bonds. The quantitative estimate of drug-likeness (QED) is 0.604. The molecule has 3 nitrogen and oxygen atoms in total. The average Bonchev–Trinajstić information content (AvgIpc) is 2.87. The van der Waals surface area contributed by atoms with Crippen LogP contribution in [-0.2, 0) is 10.8 Å². The monoisotopic (exact) mass is 394 g/mol. The second-order valence-electron chi connectivity index (χ2n) is 9.55. The van der Waals surface area contributed by atoms with Crippen LogP contribution in [-0.4, -0.2) is 33.4 Å². The summed E-state index contributed by atoms with van der Waals surface area (Å²) in [7, 11) is 3.79. The summed E-state index contributed by atoms with van der Waals surface area (Å²) in [4.78, 5) is 22.0. The summed E-state index contributed by atoms with van der Waals surface area (Å²) in [6, 6.07) is 6.21. The fourth-order valence-electron chi connectivity index (χ4n) is 3.12. The van der Waals surface area contributed by atoms with Gasteiger partial charge in [0.15, 0.2) is 0 Å². The first-order chi connectivity index (χ1) is 12.9. The summed E-state index contributed by atoms with van der Waals surface area (Å²) in [6.45, 7) is 15.1. The van der Waals surface area contributed by atoms with Gasteiger partial charge >= 0.3 is 0 Å². The van der Waals surface area contributed by atoms with Gasteiger partial charge in [0.05, 0.1) is 21.3 Å². The second kappa shape index (κ2) is 7.00. The third-order valence-electron chi connectivity index (χ3n) is 5.18. The van der Waals surface area contributed by atoms with Crippen LogP contribution in [0.15, 0.2) is 47.1 Å². The standard InChI is InChI=1S/C24H30N2OS/c1-15-26(8)20-14-19(9-10-21(20)28-15)25-22(27)16-11-17(23(2,3)4)13-18(12-16)24(5,6)7/h9-14H,1-8H3. The second-order valence-corrected chi connectivity index (χ2v) is 10.8. The zero-order valence-electron chi connectivity index (χ0n) is 18.2. The number of benzene rings is 1. The Morgan fingerprint density at radius 2 is 1.54 bits per heavy atom. The Hall–Kier alpha value is -2.20. The molecule has 0 aromatic heterocycles. The van der Waals surface area contributed by atoms with E-state index in [-0.39, 0.29) is 16.7 Å². The lowest BCUT2D eigenvalue weighted by Gasteiger charge is -2.25. The van der Waals surface area contributed by atoms with Gasteiger partial charge in [0.25, 0.3) is 5.91 Å². The number of carbonyl (C=O) groups excluding carboxylic acids is 1. The molecule has 1 aromatic rings. The van der Waals surface area contributed by atoms with Crippen molar-refractivity contribution in [3.63, 3.8) is 0 Å². The highest BCUT2D eigenvalue weighted by atomic mass is 32.1. The molecule has 0 atom stereocenters. The van der Waals surface area contributed by atoms with Crippen LogP contribution in [0.4, 0.5) is 0 Å². The highest BCUT2D eigenvalue weighted by molar-refractivity contribution is 7.99. The summed E-state index contributed by atoms with van der Waals surface area (Å²) < 4.78 is 0. The fraction of sp³-hybridized carbons (Fsp3) is 0.417. The van der Waals surface area contributed by atoms with E-state index in [0.29, 0.717) is 11.3 Å². The molecule has 2 aliphatic rings. The van der Waals surface area contributed by atoms with E-state index in [1.807, 2.05) is 37.4 Å². The van der Waals surface area contributed by atoms with Gasteiger partial charge in [-0.25, -0.2) is 4.99 Å². The third-order valence-corrected chi connectivity index (χ3v) is 6.31. The molecule has 0 fully saturated rings. The van der Waals surface area contributed by atoms with E-state index >= 15 is 0 Å². The molecular formula is C24H30N2OS. The molecule has 4 heteroatoms. The molecule has 1 aromatic carbocycles. The number of carbonyl (C=O) groups is 1. The van der Waals surface area contributed by atoms with Crippen molar-refractivity contribution in [2.24, 2.45) is 4.99 Å². The minimum absolute atomic E-state index is 0.0306. The maximum Gasteiger partial charge on any atom is 0.277 e. The smallest absolute Gasteiger partial charge is 0.277 e. The largest absolute Gasteiger partial charge is 0.339 e. The Morgan fingerprint density at radius 1 is 0.964 bits per heavy atom. The summed E-state index contributed by atoms with van der Waals surface area (Å²) >= 11 is 0. The number of hydrogen-bond acceptors (Lipinski definition) is 2. The molecule has 1 aliphatic carbocycles. The molecule has 148 valence electrons. The number of rotatable bonds is 1. The lowest BCUT2D eigenvalue weighted by molar-refractivity contribution is 0.100. The van der Waals surface area contributed by atoms with Crippen molar-refractivity contribution in [3.8, 4) is 0 Å². The van der Waals surface area contributed by atoms with Crippen LogP contribution in [0.2, 0.25) is 0 Å². The van der Waals surface area contributed by atoms with Crippen LogP contribution in [0.5, 0.6) is 0 Å². The van der Waals surface area contributed by atoms with Crippen molar-refractivity contribution in [2.75, 3.05) is 7.05 Å². The maximum absolute atomic E-state index is 13.0. The Kier molecular flexibility index (Phi) is 5.13. The topological polar surface area (TPSA) is 32.7 Å². The molecule has 0 unspecified atom stereocenters. The molecule has 0 saturated carbocycles. The minimum Gasteiger partial charge on any atom is -0.339 e. The Bertz CT molecular complexity index is 972. The zero-order chi connectivity index (χ0) is 20.9. The Labute approximate surface area is 172 Å². The van der Waals surface area contributed by atoms with Gasteiger partial charge in [-0.15, -0.1) is 10.9 Å². The number of allylic oxidation sites excluding steroid dienone is 3. The molecule has 0 bridgehead atoms. The third kappa shape index (κ3) is 4.12. The van der Waals surface area contributed by atoms with Crippen molar-refractivity contribution < 1.29 is 4.79 Å². The van der Waals surface area contributed by atoms with Crippen LogP contribution >= 0.6 is 10.9 Å². The van der Waals surface area contributed by atoms with Crippen molar-refractivity contribution in [1.29, 1.82) is 0 Å². The molecule has 1 heterocycles. The first-order valence-corrected chi connectivity index (χ1v) is 10.5. The Balaban J connectivity index is 2.00. The SMILES string of the molecule is CC1=S=C2C=CC(=NC(=O)c3cc(C(C)(C)C)cc(C(C)(C)C)c3)C=C2N1C. The minimum atomic E-state index is -0.189. The van der Waals surface area contributed by atoms with Crippen molar-refractivity contribution >= 4 is 32.4 Å². The number of nitrogens with zero attached hydrogens (tertiary/aromatic N) is 2. The van der Waals surface area contributed by atoms with Gasteiger partial charge in [-0.05, 0) is 59.2 Å². The molecule has 28 heavy (non-hydrogen) atoms. The van der Waals surface area contributed by atoms with Crippen LogP contribution in [0.3, 0.4) is 0 Å². The summed E-state index contributed by atoms with van der Waals surface area (Å²) in [6.07, 6.45) is 5.97. The van der Waals surface area contributed by atoms with Gasteiger partial charge in [0, 0.05) is 12.6 Å². The van der Waals surface area contributed by atoms with Crippen LogP contribution in [0.25, 0.3) is 0 Å². The summed E-state index contributed by atoms with van der Waals surface area (Å²) in [5.41, 5.74) is 4.72. The van der Waals surface area contributed by atoms with Crippen molar-refractivity contribution in [2.45, 2.75) is 59.3 Å². The number of amides is 1. The van der Waals surface area contributed by atoms with Gasteiger partial charge in [0.1, 0.15) is 0 Å². The predicted molar refractivity (Wildman–Crippen MR) is 124 cm³/mol. The molecule has 0 spiro atoms. The lowest BCUT2D eigenvalue weighted by atomic mass is 9.79. The predicted octanol–water partition coefficient (Wildman–Crippen LogP) is 5.32. The van der Waals surface area contributed by atoms with Crippen molar-refractivity contribution in [1.82, 2.24) is 4.90 Å². The normalized spacial score (nSPS) is 18.4. The van der Waals surface area contributed by atoms with Gasteiger partial charge in [-0.3, -0.25) is 4.79 Å². The van der Waals surface area contributed by atoms with E-state index in [0.717, 1.165) is 16.8 Å². The highest BCUT2D eigenvalue weighted by Crippen LogP contribution is 2.30. The van der Waals surface area contributed by atoms with Crippen LogP contribution < -0.4 is 0 Å². The van der Waals surface area contributed by atoms with Gasteiger partial charge < -0.3 is 4.90 Å². The van der Waals surface area contributed by atoms with Gasteiger partial charge in [-0.2, -0.15) is 0 Å². The maximum atomic E-state index is 13.0. The average molecular weight is 395 g/mol. The number of aliphatic imine (C=N–C) groups is 1. The Morgan fingerprint density at radius 3 is 2.07 bits per heavy atom. The number of hydrogen-bond donors (Lipinski definition) is 0. The first-order valence-electron chi connectivity index (χ1n) is 9.67. The molecule has 0 N–H and O–H groups in total. The summed E-state index contributed by atoms with van der Waals surface area (Å²) in [5.74, 6) is -0.189. The van der Waals surface area contributed by atoms with E-state index in [1.54, 1.807) is 10.9 Å². The lowest BCUT2D eigenvalue weighted by Crippen LogP contribution is -2.23. The van der Waals surface area contributed by atoms with Gasteiger partial charge in [0.2, 0.25) is 0 Å². The number of fused-ring (bicyclic) bond motifs is 1.